The number of nitrogens with one attached hydrogen (secondary N) is 1. The molecule has 3 aromatic heterocycles. The van der Waals surface area contributed by atoms with Crippen LogP contribution in [0, 0.1) is 18.7 Å². The monoisotopic (exact) mass is 380 g/mol. The number of nitrogens with zero attached hydrogens (tertiary/aromatic N) is 5. The van der Waals surface area contributed by atoms with E-state index in [1.54, 1.807) is 32.0 Å². The van der Waals surface area contributed by atoms with Gasteiger partial charge in [0.25, 0.3) is 5.56 Å². The predicted molar refractivity (Wildman–Crippen MR) is 102 cm³/mol. The van der Waals surface area contributed by atoms with E-state index in [1.165, 1.54) is 22.8 Å². The first-order valence-electron chi connectivity index (χ1n) is 8.71. The van der Waals surface area contributed by atoms with E-state index < -0.39 is 5.56 Å². The van der Waals surface area contributed by atoms with E-state index in [0.717, 1.165) is 10.2 Å². The highest BCUT2D eigenvalue weighted by Crippen LogP contribution is 2.28. The van der Waals surface area contributed by atoms with E-state index in [2.05, 4.69) is 20.7 Å². The zero-order valence-corrected chi connectivity index (χ0v) is 15.5. The van der Waals surface area contributed by atoms with Gasteiger partial charge in [-0.15, -0.1) is 10.2 Å². The number of amides is 1. The van der Waals surface area contributed by atoms with Gasteiger partial charge in [0.1, 0.15) is 11.3 Å². The van der Waals surface area contributed by atoms with Gasteiger partial charge in [-0.2, -0.15) is 5.10 Å². The Balaban J connectivity index is 1.90. The lowest BCUT2D eigenvalue weighted by Gasteiger charge is -2.10. The summed E-state index contributed by atoms with van der Waals surface area (Å²) in [5.41, 5.74) is 5.16. The number of carbonyl (C=O) groups is 1. The van der Waals surface area contributed by atoms with Gasteiger partial charge in [0.05, 0.1) is 11.3 Å². The highest BCUT2D eigenvalue weighted by atomic mass is 19.1. The van der Waals surface area contributed by atoms with E-state index in [1.807, 2.05) is 6.92 Å². The minimum absolute atomic E-state index is 0.0761. The van der Waals surface area contributed by atoms with E-state index in [-0.39, 0.29) is 23.2 Å². The van der Waals surface area contributed by atoms with Gasteiger partial charge < -0.3 is 0 Å². The van der Waals surface area contributed by atoms with Gasteiger partial charge >= 0.3 is 0 Å². The molecule has 1 aromatic carbocycles. The average Bonchev–Trinajstić information content (AvgIpc) is 3.00. The second-order valence-corrected chi connectivity index (χ2v) is 6.76. The number of aryl methyl sites for hydroxylation is 1. The minimum atomic E-state index is -0.502. The summed E-state index contributed by atoms with van der Waals surface area (Å²) >= 11 is 0. The molecule has 1 N–H and O–H groups in total. The summed E-state index contributed by atoms with van der Waals surface area (Å²) in [5, 5.41) is 12.7. The lowest BCUT2D eigenvalue weighted by molar-refractivity contribution is -0.119. The topological polar surface area (TPSA) is 94.2 Å². The summed E-state index contributed by atoms with van der Waals surface area (Å²) in [6.07, 6.45) is 1.46. The third-order valence-electron chi connectivity index (χ3n) is 4.44. The lowest BCUT2D eigenvalue weighted by Crippen LogP contribution is -2.35. The van der Waals surface area contributed by atoms with Crippen LogP contribution in [0.2, 0.25) is 0 Å². The van der Waals surface area contributed by atoms with Crippen LogP contribution in [0.25, 0.3) is 27.8 Å². The van der Waals surface area contributed by atoms with Crippen LogP contribution >= 0.6 is 0 Å². The van der Waals surface area contributed by atoms with Crippen molar-refractivity contribution < 1.29 is 9.18 Å². The normalized spacial score (nSPS) is 11.5. The Bertz CT molecular complexity index is 1270. The summed E-state index contributed by atoms with van der Waals surface area (Å²) in [4.78, 5) is 24.6. The molecule has 0 unspecified atom stereocenters. The van der Waals surface area contributed by atoms with Crippen LogP contribution in [-0.4, -0.2) is 30.4 Å². The number of rotatable bonds is 3. The Labute approximate surface area is 158 Å². The van der Waals surface area contributed by atoms with Gasteiger partial charge in [-0.25, -0.2) is 13.6 Å². The van der Waals surface area contributed by atoms with Crippen LogP contribution in [0.3, 0.4) is 0 Å². The number of benzene rings is 1. The largest absolute Gasteiger partial charge is 0.299 e. The molecule has 4 rings (SSSR count). The fourth-order valence-corrected chi connectivity index (χ4v) is 2.94. The van der Waals surface area contributed by atoms with Gasteiger partial charge in [0.15, 0.2) is 11.2 Å². The van der Waals surface area contributed by atoms with Crippen LogP contribution in [0.1, 0.15) is 19.5 Å². The molecule has 142 valence electrons. The van der Waals surface area contributed by atoms with Crippen LogP contribution in [-0.2, 0) is 4.79 Å². The standard InChI is InChI=1S/C19H17FN6O2/c1-10(2)18(27)24-25-9-8-14-16(19(25)28)21-22-17-15(11(3)23-26(14)17)12-4-6-13(20)7-5-12/h4-10H,1-3H3,(H,24,27). The van der Waals surface area contributed by atoms with Crippen molar-refractivity contribution in [1.82, 2.24) is 24.5 Å². The molecule has 0 aliphatic rings. The smallest absolute Gasteiger partial charge is 0.273 e. The van der Waals surface area contributed by atoms with Crippen molar-refractivity contribution >= 4 is 22.6 Å². The molecule has 0 saturated carbocycles. The van der Waals surface area contributed by atoms with Gasteiger partial charge in [-0.05, 0) is 30.7 Å². The number of hydrogen-bond donors (Lipinski definition) is 1. The van der Waals surface area contributed by atoms with Crippen molar-refractivity contribution in [3.8, 4) is 11.1 Å². The van der Waals surface area contributed by atoms with E-state index >= 15 is 0 Å². The van der Waals surface area contributed by atoms with Gasteiger partial charge in [0.2, 0.25) is 5.91 Å². The Morgan fingerprint density at radius 3 is 2.54 bits per heavy atom. The molecule has 0 fully saturated rings. The molecular formula is C19H17FN6O2. The second-order valence-electron chi connectivity index (χ2n) is 6.76. The molecule has 0 atom stereocenters. The zero-order valence-electron chi connectivity index (χ0n) is 15.5. The summed E-state index contributed by atoms with van der Waals surface area (Å²) in [6, 6.07) is 7.65. The molecule has 0 aliphatic carbocycles. The maximum absolute atomic E-state index is 13.3. The van der Waals surface area contributed by atoms with Crippen LogP contribution in [0.4, 0.5) is 4.39 Å². The molecule has 0 saturated heterocycles. The van der Waals surface area contributed by atoms with Crippen molar-refractivity contribution in [2.75, 3.05) is 5.43 Å². The molecule has 0 bridgehead atoms. The summed E-state index contributed by atoms with van der Waals surface area (Å²) in [6.45, 7) is 5.27. The summed E-state index contributed by atoms with van der Waals surface area (Å²) in [7, 11) is 0. The van der Waals surface area contributed by atoms with Crippen molar-refractivity contribution in [3.63, 3.8) is 0 Å². The van der Waals surface area contributed by atoms with Crippen molar-refractivity contribution in [2.45, 2.75) is 20.8 Å². The summed E-state index contributed by atoms with van der Waals surface area (Å²) < 4.78 is 15.9. The first-order valence-corrected chi connectivity index (χ1v) is 8.71. The second kappa shape index (κ2) is 6.52. The Morgan fingerprint density at radius 2 is 1.86 bits per heavy atom. The van der Waals surface area contributed by atoms with Crippen LogP contribution < -0.4 is 11.0 Å². The Morgan fingerprint density at radius 1 is 1.14 bits per heavy atom. The maximum atomic E-state index is 13.3. The van der Waals surface area contributed by atoms with Crippen LogP contribution in [0.5, 0.6) is 0 Å². The molecular weight excluding hydrogens is 363 g/mol. The number of fused-ring (bicyclic) bond motifs is 3. The molecule has 3 heterocycles. The highest BCUT2D eigenvalue weighted by molar-refractivity contribution is 5.86. The van der Waals surface area contributed by atoms with Gasteiger partial charge in [-0.1, -0.05) is 26.0 Å². The highest BCUT2D eigenvalue weighted by Gasteiger charge is 2.18. The number of aromatic nitrogens is 5. The first-order chi connectivity index (χ1) is 13.4. The van der Waals surface area contributed by atoms with Crippen molar-refractivity contribution in [2.24, 2.45) is 5.92 Å². The molecule has 0 aliphatic heterocycles. The van der Waals surface area contributed by atoms with E-state index in [4.69, 9.17) is 0 Å². The third kappa shape index (κ3) is 2.81. The Hall–Kier alpha value is -3.62. The van der Waals surface area contributed by atoms with Crippen molar-refractivity contribution in [1.29, 1.82) is 0 Å². The number of hydrogen-bond acceptors (Lipinski definition) is 5. The third-order valence-corrected chi connectivity index (χ3v) is 4.44. The van der Waals surface area contributed by atoms with Gasteiger partial charge in [-0.3, -0.25) is 15.0 Å². The van der Waals surface area contributed by atoms with Crippen molar-refractivity contribution in [3.05, 3.63) is 58.4 Å². The van der Waals surface area contributed by atoms with Crippen LogP contribution in [0.15, 0.2) is 41.3 Å². The minimum Gasteiger partial charge on any atom is -0.273 e. The molecule has 28 heavy (non-hydrogen) atoms. The zero-order chi connectivity index (χ0) is 20.0. The SMILES string of the molecule is Cc1nn2c(nnc3c(=O)n(NC(=O)C(C)C)ccc32)c1-c1ccc(F)cc1. The van der Waals surface area contributed by atoms with E-state index in [9.17, 15) is 14.0 Å². The summed E-state index contributed by atoms with van der Waals surface area (Å²) in [5.74, 6) is -0.898. The fraction of sp³-hybridized carbons (Fsp3) is 0.211. The predicted octanol–water partition coefficient (Wildman–Crippen LogP) is 2.28. The number of pyridine rings is 1. The molecule has 0 radical (unpaired) electrons. The maximum Gasteiger partial charge on any atom is 0.299 e. The molecule has 4 aromatic rings. The molecule has 0 spiro atoms. The fourth-order valence-electron chi connectivity index (χ4n) is 2.94. The Kier molecular flexibility index (Phi) is 4.14. The molecule has 8 nitrogen and oxygen atoms in total. The first kappa shape index (κ1) is 17.8. The number of carbonyl (C=O) groups excluding carboxylic acids is 1. The average molecular weight is 380 g/mol. The van der Waals surface area contributed by atoms with Gasteiger partial charge in [0, 0.05) is 12.1 Å². The molecule has 9 heteroatoms. The lowest BCUT2D eigenvalue weighted by atomic mass is 10.1. The quantitative estimate of drug-likeness (QED) is 0.588. The number of halogens is 1. The molecule has 1 amide bonds. The van der Waals surface area contributed by atoms with E-state index in [0.29, 0.717) is 22.4 Å².